The molecule has 26 heavy (non-hydrogen) atoms. The van der Waals surface area contributed by atoms with Crippen molar-refractivity contribution in [3.8, 4) is 11.5 Å². The molecule has 2 aromatic carbocycles. The van der Waals surface area contributed by atoms with Gasteiger partial charge in [-0.15, -0.1) is 0 Å². The fourth-order valence-electron chi connectivity index (χ4n) is 2.18. The van der Waals surface area contributed by atoms with Crippen LogP contribution in [0.5, 0.6) is 11.5 Å². The van der Waals surface area contributed by atoms with E-state index in [1.807, 2.05) is 0 Å². The normalized spacial score (nSPS) is 11.3. The number of ether oxygens (including phenoxy) is 1. The number of nitrogens with one attached hydrogen (secondary N) is 1. The summed E-state index contributed by atoms with van der Waals surface area (Å²) in [5, 5.41) is 9.75. The Morgan fingerprint density at radius 3 is 2.27 bits per heavy atom. The molecule has 0 saturated heterocycles. The Kier molecular flexibility index (Phi) is 5.17. The van der Waals surface area contributed by atoms with E-state index in [9.17, 15) is 31.1 Å². The van der Waals surface area contributed by atoms with Crippen LogP contribution in [-0.4, -0.2) is 20.6 Å². The third-order valence-corrected chi connectivity index (χ3v) is 4.77. The van der Waals surface area contributed by atoms with E-state index >= 15 is 0 Å². The molecule has 0 aliphatic rings. The number of aromatic hydroxyl groups is 1. The van der Waals surface area contributed by atoms with Gasteiger partial charge >= 0.3 is 0 Å². The molecule has 0 fully saturated rings. The van der Waals surface area contributed by atoms with E-state index in [1.54, 1.807) is 4.72 Å². The fourth-order valence-corrected chi connectivity index (χ4v) is 3.39. The van der Waals surface area contributed by atoms with E-state index in [-0.39, 0.29) is 17.0 Å². The Morgan fingerprint density at radius 1 is 1.15 bits per heavy atom. The third-order valence-electron chi connectivity index (χ3n) is 3.35. The van der Waals surface area contributed by atoms with Crippen molar-refractivity contribution in [1.82, 2.24) is 0 Å². The largest absolute Gasteiger partial charge is 0.504 e. The van der Waals surface area contributed by atoms with Crippen molar-refractivity contribution in [1.29, 1.82) is 0 Å². The van der Waals surface area contributed by atoms with Crippen LogP contribution in [0.2, 0.25) is 0 Å². The van der Waals surface area contributed by atoms with Crippen LogP contribution in [0.15, 0.2) is 29.7 Å². The summed E-state index contributed by atoms with van der Waals surface area (Å²) >= 11 is 0. The SMILES string of the molecule is C=C(C)c1c(F)c(O)c(S(=O)(=O)Nc2ccc(OC)c(F)c2)c(F)c1F. The molecule has 0 atom stereocenters. The molecule has 5 nitrogen and oxygen atoms in total. The van der Waals surface area contributed by atoms with E-state index in [1.165, 1.54) is 7.11 Å². The zero-order valence-corrected chi connectivity index (χ0v) is 14.3. The molecule has 0 aliphatic heterocycles. The Hall–Kier alpha value is -2.75. The summed E-state index contributed by atoms with van der Waals surface area (Å²) in [5.74, 6) is -8.25. The van der Waals surface area contributed by atoms with Gasteiger partial charge in [0, 0.05) is 6.07 Å². The minimum Gasteiger partial charge on any atom is -0.504 e. The van der Waals surface area contributed by atoms with Crippen LogP contribution in [0.4, 0.5) is 23.2 Å². The highest BCUT2D eigenvalue weighted by atomic mass is 32.2. The van der Waals surface area contributed by atoms with Gasteiger partial charge < -0.3 is 9.84 Å². The number of hydrogen-bond donors (Lipinski definition) is 2. The minimum absolute atomic E-state index is 0.190. The van der Waals surface area contributed by atoms with Crippen molar-refractivity contribution < 1.29 is 35.8 Å². The lowest BCUT2D eigenvalue weighted by molar-refractivity contribution is 0.386. The Bertz CT molecular complexity index is 977. The van der Waals surface area contributed by atoms with Gasteiger partial charge in [-0.3, -0.25) is 4.72 Å². The van der Waals surface area contributed by atoms with Crippen LogP contribution in [0.1, 0.15) is 12.5 Å². The first kappa shape index (κ1) is 19.6. The fraction of sp³-hybridized carbons (Fsp3) is 0.125. The predicted molar refractivity (Wildman–Crippen MR) is 86.4 cm³/mol. The van der Waals surface area contributed by atoms with Crippen molar-refractivity contribution in [3.05, 3.63) is 53.6 Å². The first-order valence-corrected chi connectivity index (χ1v) is 8.41. The van der Waals surface area contributed by atoms with Gasteiger partial charge in [-0.25, -0.2) is 26.0 Å². The summed E-state index contributed by atoms with van der Waals surface area (Å²) < 4.78 is 86.9. The van der Waals surface area contributed by atoms with Crippen molar-refractivity contribution in [2.45, 2.75) is 11.8 Å². The molecular formula is C16H13F4NO4S. The van der Waals surface area contributed by atoms with Crippen LogP contribution >= 0.6 is 0 Å². The minimum atomic E-state index is -4.99. The molecular weight excluding hydrogens is 378 g/mol. The summed E-state index contributed by atoms with van der Waals surface area (Å²) in [4.78, 5) is -1.64. The first-order valence-electron chi connectivity index (χ1n) is 6.93. The van der Waals surface area contributed by atoms with E-state index < -0.39 is 49.5 Å². The summed E-state index contributed by atoms with van der Waals surface area (Å²) in [7, 11) is -3.81. The molecule has 10 heteroatoms. The average molecular weight is 391 g/mol. The number of rotatable bonds is 5. The topological polar surface area (TPSA) is 75.6 Å². The molecule has 140 valence electrons. The standard InChI is InChI=1S/C16H13F4NO4S/c1-7(2)11-12(18)14(20)16(15(22)13(11)19)26(23,24)21-8-4-5-10(25-3)9(17)6-8/h4-6,21-22H,1H2,2-3H3. The summed E-state index contributed by atoms with van der Waals surface area (Å²) in [6.45, 7) is 4.38. The lowest BCUT2D eigenvalue weighted by Gasteiger charge is -2.14. The quantitative estimate of drug-likeness (QED) is 0.601. The maximum absolute atomic E-state index is 14.2. The van der Waals surface area contributed by atoms with Gasteiger partial charge in [-0.2, -0.15) is 0 Å². The van der Waals surface area contributed by atoms with E-state index in [0.717, 1.165) is 19.1 Å². The van der Waals surface area contributed by atoms with Gasteiger partial charge in [0.25, 0.3) is 10.0 Å². The van der Waals surface area contributed by atoms with Gasteiger partial charge in [-0.1, -0.05) is 6.58 Å². The number of allylic oxidation sites excluding steroid dienone is 1. The second-order valence-electron chi connectivity index (χ2n) is 5.23. The van der Waals surface area contributed by atoms with Crippen molar-refractivity contribution in [2.75, 3.05) is 11.8 Å². The third kappa shape index (κ3) is 3.32. The zero-order valence-electron chi connectivity index (χ0n) is 13.5. The molecule has 0 aromatic heterocycles. The van der Waals surface area contributed by atoms with Crippen molar-refractivity contribution >= 4 is 21.3 Å². The number of benzene rings is 2. The van der Waals surface area contributed by atoms with Gasteiger partial charge in [0.2, 0.25) is 0 Å². The molecule has 0 bridgehead atoms. The number of hydrogen-bond acceptors (Lipinski definition) is 4. The van der Waals surface area contributed by atoms with E-state index in [2.05, 4.69) is 11.3 Å². The predicted octanol–water partition coefficient (Wildman–Crippen LogP) is 3.79. The lowest BCUT2D eigenvalue weighted by atomic mass is 10.1. The summed E-state index contributed by atoms with van der Waals surface area (Å²) in [6.07, 6.45) is 0. The summed E-state index contributed by atoms with van der Waals surface area (Å²) in [5.41, 5.74) is -1.62. The van der Waals surface area contributed by atoms with Gasteiger partial charge in [-0.05, 0) is 24.6 Å². The number of anilines is 1. The highest BCUT2D eigenvalue weighted by molar-refractivity contribution is 7.92. The highest BCUT2D eigenvalue weighted by Gasteiger charge is 2.33. The zero-order chi connectivity index (χ0) is 19.8. The lowest BCUT2D eigenvalue weighted by Crippen LogP contribution is -2.17. The smallest absolute Gasteiger partial charge is 0.268 e. The Balaban J connectivity index is 2.60. The molecule has 2 rings (SSSR count). The van der Waals surface area contributed by atoms with Crippen LogP contribution in [0, 0.1) is 23.3 Å². The molecule has 0 radical (unpaired) electrons. The van der Waals surface area contributed by atoms with Crippen molar-refractivity contribution in [2.24, 2.45) is 0 Å². The number of phenols is 1. The molecule has 0 aliphatic carbocycles. The number of sulfonamides is 1. The monoisotopic (exact) mass is 391 g/mol. The van der Waals surface area contributed by atoms with Crippen LogP contribution in [-0.2, 0) is 10.0 Å². The number of methoxy groups -OCH3 is 1. The second kappa shape index (κ2) is 6.87. The van der Waals surface area contributed by atoms with E-state index in [4.69, 9.17) is 0 Å². The Labute approximate surface area is 146 Å². The van der Waals surface area contributed by atoms with Gasteiger partial charge in [0.1, 0.15) is 0 Å². The van der Waals surface area contributed by atoms with Crippen LogP contribution in [0.3, 0.4) is 0 Å². The molecule has 0 heterocycles. The number of halogens is 4. The maximum Gasteiger partial charge on any atom is 0.268 e. The summed E-state index contributed by atoms with van der Waals surface area (Å²) in [6, 6.07) is 2.86. The van der Waals surface area contributed by atoms with Crippen LogP contribution < -0.4 is 9.46 Å². The molecule has 0 amide bonds. The van der Waals surface area contributed by atoms with Gasteiger partial charge in [0.15, 0.2) is 39.7 Å². The molecule has 0 spiro atoms. The van der Waals surface area contributed by atoms with Gasteiger partial charge in [0.05, 0.1) is 18.4 Å². The average Bonchev–Trinajstić information content (AvgIpc) is 2.52. The molecule has 0 unspecified atom stereocenters. The Morgan fingerprint density at radius 2 is 1.77 bits per heavy atom. The molecule has 2 N–H and O–H groups in total. The molecule has 2 aromatic rings. The van der Waals surface area contributed by atoms with Crippen molar-refractivity contribution in [3.63, 3.8) is 0 Å². The maximum atomic E-state index is 14.2. The second-order valence-corrected chi connectivity index (χ2v) is 6.85. The first-order chi connectivity index (χ1) is 12.0. The number of phenolic OH excluding ortho intramolecular Hbond substituents is 1. The van der Waals surface area contributed by atoms with E-state index in [0.29, 0.717) is 6.07 Å². The highest BCUT2D eigenvalue weighted by Crippen LogP contribution is 2.37. The molecule has 0 saturated carbocycles. The van der Waals surface area contributed by atoms with Crippen LogP contribution in [0.25, 0.3) is 5.57 Å².